The Hall–Kier alpha value is -2.34. The van der Waals surface area contributed by atoms with E-state index in [0.29, 0.717) is 10.7 Å². The van der Waals surface area contributed by atoms with Gasteiger partial charge in [-0.15, -0.1) is 10.2 Å². The first-order valence-electron chi connectivity index (χ1n) is 5.68. The van der Waals surface area contributed by atoms with Crippen LogP contribution < -0.4 is 5.32 Å². The zero-order valence-corrected chi connectivity index (χ0v) is 10.9. The molecule has 0 bridgehead atoms. The molecule has 0 radical (unpaired) electrons. The van der Waals surface area contributed by atoms with Crippen molar-refractivity contribution in [3.8, 4) is 0 Å². The number of hydrogen-bond donors (Lipinski definition) is 1. The number of benzene rings is 1. The van der Waals surface area contributed by atoms with Crippen LogP contribution in [0.4, 0.5) is 5.13 Å². The second kappa shape index (κ2) is 4.74. The number of para-hydroxylation sites is 1. The number of pyridine rings is 1. The van der Waals surface area contributed by atoms with Crippen molar-refractivity contribution in [3.05, 3.63) is 47.1 Å². The van der Waals surface area contributed by atoms with Gasteiger partial charge >= 0.3 is 0 Å². The molecule has 0 fully saturated rings. The van der Waals surface area contributed by atoms with Gasteiger partial charge in [0.25, 0.3) is 5.91 Å². The van der Waals surface area contributed by atoms with Gasteiger partial charge in [-0.2, -0.15) is 0 Å². The summed E-state index contributed by atoms with van der Waals surface area (Å²) in [6, 6.07) is 9.48. The van der Waals surface area contributed by atoms with Crippen LogP contribution in [-0.4, -0.2) is 21.1 Å². The molecular formula is C13H10N4OS. The lowest BCUT2D eigenvalue weighted by Crippen LogP contribution is -2.12. The van der Waals surface area contributed by atoms with Gasteiger partial charge in [0, 0.05) is 11.6 Å². The lowest BCUT2D eigenvalue weighted by molar-refractivity contribution is 0.102. The summed E-state index contributed by atoms with van der Waals surface area (Å²) in [5, 5.41) is 12.7. The summed E-state index contributed by atoms with van der Waals surface area (Å²) in [5.41, 5.74) is 1.37. The van der Waals surface area contributed by atoms with Gasteiger partial charge < -0.3 is 0 Å². The first-order chi connectivity index (χ1) is 9.22. The highest BCUT2D eigenvalue weighted by Gasteiger charge is 2.10. The minimum Gasteiger partial charge on any atom is -0.296 e. The molecule has 0 aliphatic rings. The van der Waals surface area contributed by atoms with Gasteiger partial charge in [0.2, 0.25) is 5.13 Å². The van der Waals surface area contributed by atoms with Crippen LogP contribution in [-0.2, 0) is 0 Å². The lowest BCUT2D eigenvalue weighted by Gasteiger charge is -2.02. The molecule has 0 aliphatic heterocycles. The fourth-order valence-electron chi connectivity index (χ4n) is 1.71. The van der Waals surface area contributed by atoms with Crippen molar-refractivity contribution in [2.75, 3.05) is 5.32 Å². The fraction of sp³-hybridized carbons (Fsp3) is 0.0769. The topological polar surface area (TPSA) is 67.8 Å². The number of hydrogen-bond acceptors (Lipinski definition) is 5. The molecule has 3 aromatic rings. The summed E-state index contributed by atoms with van der Waals surface area (Å²) in [4.78, 5) is 16.3. The molecule has 0 spiro atoms. The first-order valence-corrected chi connectivity index (χ1v) is 6.50. The predicted molar refractivity (Wildman–Crippen MR) is 74.3 cm³/mol. The van der Waals surface area contributed by atoms with E-state index in [4.69, 9.17) is 0 Å². The Labute approximate surface area is 113 Å². The van der Waals surface area contributed by atoms with Crippen LogP contribution in [0, 0.1) is 6.92 Å². The molecule has 94 valence electrons. The Bertz CT molecular complexity index is 753. The molecule has 19 heavy (non-hydrogen) atoms. The Balaban J connectivity index is 1.89. The average molecular weight is 270 g/mol. The molecular weight excluding hydrogens is 260 g/mol. The largest absolute Gasteiger partial charge is 0.296 e. The Morgan fingerprint density at radius 2 is 2.11 bits per heavy atom. The fourth-order valence-corrected chi connectivity index (χ4v) is 2.30. The van der Waals surface area contributed by atoms with E-state index < -0.39 is 0 Å². The number of nitrogens with one attached hydrogen (secondary N) is 1. The molecule has 2 heterocycles. The SMILES string of the molecule is Cc1nnc(NC(=O)c2cnc3ccccc3c2)s1. The predicted octanol–water partition coefficient (Wildman–Crippen LogP) is 2.65. The summed E-state index contributed by atoms with van der Waals surface area (Å²) >= 11 is 1.34. The summed E-state index contributed by atoms with van der Waals surface area (Å²) in [5.74, 6) is -0.227. The van der Waals surface area contributed by atoms with Crippen LogP contribution in [0.2, 0.25) is 0 Å². The van der Waals surface area contributed by atoms with Crippen molar-refractivity contribution in [2.24, 2.45) is 0 Å². The van der Waals surface area contributed by atoms with E-state index in [2.05, 4.69) is 20.5 Å². The number of fused-ring (bicyclic) bond motifs is 1. The molecule has 0 aliphatic carbocycles. The number of rotatable bonds is 2. The number of nitrogens with zero attached hydrogens (tertiary/aromatic N) is 3. The van der Waals surface area contributed by atoms with Crippen molar-refractivity contribution in [3.63, 3.8) is 0 Å². The van der Waals surface area contributed by atoms with Crippen molar-refractivity contribution in [2.45, 2.75) is 6.92 Å². The van der Waals surface area contributed by atoms with Crippen LogP contribution in [0.3, 0.4) is 0 Å². The smallest absolute Gasteiger partial charge is 0.259 e. The average Bonchev–Trinajstić information content (AvgIpc) is 2.83. The van der Waals surface area contributed by atoms with E-state index in [0.717, 1.165) is 15.9 Å². The second-order valence-electron chi connectivity index (χ2n) is 4.00. The maximum absolute atomic E-state index is 12.1. The minimum atomic E-state index is -0.227. The zero-order valence-electron chi connectivity index (χ0n) is 10.1. The van der Waals surface area contributed by atoms with Gasteiger partial charge in [-0.25, -0.2) is 0 Å². The maximum Gasteiger partial charge on any atom is 0.259 e. The normalized spacial score (nSPS) is 10.6. The van der Waals surface area contributed by atoms with E-state index >= 15 is 0 Å². The summed E-state index contributed by atoms with van der Waals surface area (Å²) in [6.07, 6.45) is 1.56. The Morgan fingerprint density at radius 3 is 2.89 bits per heavy atom. The number of aryl methyl sites for hydroxylation is 1. The van der Waals surface area contributed by atoms with Gasteiger partial charge in [-0.1, -0.05) is 29.5 Å². The second-order valence-corrected chi connectivity index (χ2v) is 5.18. The highest BCUT2D eigenvalue weighted by Crippen LogP contribution is 2.17. The van der Waals surface area contributed by atoms with E-state index in [1.807, 2.05) is 37.3 Å². The third kappa shape index (κ3) is 2.43. The number of carbonyl (C=O) groups excluding carboxylic acids is 1. The number of aromatic nitrogens is 3. The summed E-state index contributed by atoms with van der Waals surface area (Å²) in [6.45, 7) is 1.84. The van der Waals surface area contributed by atoms with Crippen LogP contribution in [0.5, 0.6) is 0 Å². The van der Waals surface area contributed by atoms with Gasteiger partial charge in [0.15, 0.2) is 0 Å². The molecule has 6 heteroatoms. The third-order valence-corrected chi connectivity index (χ3v) is 3.35. The molecule has 1 aromatic carbocycles. The first kappa shape index (κ1) is 11.7. The van der Waals surface area contributed by atoms with Gasteiger partial charge in [0.05, 0.1) is 11.1 Å². The zero-order chi connectivity index (χ0) is 13.2. The van der Waals surface area contributed by atoms with E-state index in [1.54, 1.807) is 6.20 Å². The van der Waals surface area contributed by atoms with Crippen molar-refractivity contribution >= 4 is 33.3 Å². The van der Waals surface area contributed by atoms with Gasteiger partial charge in [-0.3, -0.25) is 15.1 Å². The maximum atomic E-state index is 12.1. The van der Waals surface area contributed by atoms with Crippen LogP contribution in [0.1, 0.15) is 15.4 Å². The molecule has 3 rings (SSSR count). The molecule has 2 aromatic heterocycles. The van der Waals surface area contributed by atoms with E-state index in [-0.39, 0.29) is 5.91 Å². The highest BCUT2D eigenvalue weighted by molar-refractivity contribution is 7.15. The quantitative estimate of drug-likeness (QED) is 0.777. The van der Waals surface area contributed by atoms with Crippen LogP contribution >= 0.6 is 11.3 Å². The highest BCUT2D eigenvalue weighted by atomic mass is 32.1. The third-order valence-electron chi connectivity index (χ3n) is 2.60. The van der Waals surface area contributed by atoms with Crippen LogP contribution in [0.25, 0.3) is 10.9 Å². The van der Waals surface area contributed by atoms with Crippen molar-refractivity contribution in [1.82, 2.24) is 15.2 Å². The van der Waals surface area contributed by atoms with Crippen molar-refractivity contribution < 1.29 is 4.79 Å². The number of carbonyl (C=O) groups is 1. The van der Waals surface area contributed by atoms with E-state index in [1.165, 1.54) is 11.3 Å². The number of anilines is 1. The van der Waals surface area contributed by atoms with Crippen LogP contribution in [0.15, 0.2) is 36.5 Å². The standard InChI is InChI=1S/C13H10N4OS/c1-8-16-17-13(19-8)15-12(18)10-6-9-4-2-3-5-11(9)14-7-10/h2-7H,1H3,(H,15,17,18). The minimum absolute atomic E-state index is 0.227. The lowest BCUT2D eigenvalue weighted by atomic mass is 10.1. The van der Waals surface area contributed by atoms with Crippen molar-refractivity contribution in [1.29, 1.82) is 0 Å². The molecule has 1 N–H and O–H groups in total. The summed E-state index contributed by atoms with van der Waals surface area (Å²) in [7, 11) is 0. The molecule has 0 atom stereocenters. The summed E-state index contributed by atoms with van der Waals surface area (Å²) < 4.78 is 0. The molecule has 0 saturated carbocycles. The Kier molecular flexibility index (Phi) is 2.92. The monoisotopic (exact) mass is 270 g/mol. The molecule has 0 saturated heterocycles. The Morgan fingerprint density at radius 1 is 1.26 bits per heavy atom. The molecule has 0 unspecified atom stereocenters. The number of amides is 1. The van der Waals surface area contributed by atoms with Gasteiger partial charge in [0.1, 0.15) is 5.01 Å². The van der Waals surface area contributed by atoms with Gasteiger partial charge in [-0.05, 0) is 19.1 Å². The molecule has 1 amide bonds. The molecule has 5 nitrogen and oxygen atoms in total. The van der Waals surface area contributed by atoms with E-state index in [9.17, 15) is 4.79 Å².